The molecule has 1 aromatic rings. The van der Waals surface area contributed by atoms with Crippen LogP contribution in [-0.2, 0) is 16.6 Å². The number of benzene rings is 1. The molecule has 1 aliphatic heterocycles. The molecule has 1 saturated heterocycles. The number of hydrogen-bond donors (Lipinski definition) is 1. The summed E-state index contributed by atoms with van der Waals surface area (Å²) in [6, 6.07) is 7.44. The molecule has 25 heavy (non-hydrogen) atoms. The number of piperazine rings is 1. The van der Waals surface area contributed by atoms with Gasteiger partial charge in [-0.3, -0.25) is 4.90 Å². The summed E-state index contributed by atoms with van der Waals surface area (Å²) in [6.45, 7) is 3.93. The lowest BCUT2D eigenvalue weighted by atomic mass is 9.79. The van der Waals surface area contributed by atoms with Gasteiger partial charge >= 0.3 is 0 Å². The summed E-state index contributed by atoms with van der Waals surface area (Å²) in [4.78, 5) is 2.97. The summed E-state index contributed by atoms with van der Waals surface area (Å²) in [5.74, 6) is 0. The van der Waals surface area contributed by atoms with Crippen LogP contribution in [0.25, 0.3) is 0 Å². The molecule has 1 saturated carbocycles. The third-order valence-electron chi connectivity index (χ3n) is 5.52. The molecule has 2 fully saturated rings. The van der Waals surface area contributed by atoms with E-state index in [0.717, 1.165) is 31.7 Å². The number of rotatable bonds is 4. The molecular formula is C18H30ClN3O2S. The van der Waals surface area contributed by atoms with Crippen molar-refractivity contribution in [2.75, 3.05) is 33.7 Å². The lowest BCUT2D eigenvalue weighted by Crippen LogP contribution is -2.61. The fourth-order valence-electron chi connectivity index (χ4n) is 4.07. The van der Waals surface area contributed by atoms with Gasteiger partial charge in [-0.1, -0.05) is 31.4 Å². The van der Waals surface area contributed by atoms with Crippen molar-refractivity contribution in [3.05, 3.63) is 29.8 Å². The van der Waals surface area contributed by atoms with E-state index in [1.807, 2.05) is 18.2 Å². The van der Waals surface area contributed by atoms with Crippen LogP contribution in [0.3, 0.4) is 0 Å². The number of sulfonamides is 1. The molecule has 0 bridgehead atoms. The largest absolute Gasteiger partial charge is 0.314 e. The smallest absolute Gasteiger partial charge is 0.242 e. The minimum absolute atomic E-state index is 0. The zero-order chi connectivity index (χ0) is 17.2. The zero-order valence-electron chi connectivity index (χ0n) is 15.2. The lowest BCUT2D eigenvalue weighted by molar-refractivity contribution is 0.0208. The summed E-state index contributed by atoms with van der Waals surface area (Å²) in [5.41, 5.74) is 1.34. The SMILES string of the molecule is CN(C)S(=O)(=O)c1cccc(CN2CCNCC23CCCCC3)c1.Cl. The average Bonchev–Trinajstić information content (AvgIpc) is 2.58. The van der Waals surface area contributed by atoms with Crippen LogP contribution in [0.2, 0.25) is 0 Å². The quantitative estimate of drug-likeness (QED) is 0.862. The number of hydrogen-bond acceptors (Lipinski definition) is 4. The van der Waals surface area contributed by atoms with Crippen LogP contribution in [0.1, 0.15) is 37.7 Å². The Balaban J connectivity index is 0.00000225. The molecule has 0 amide bonds. The second-order valence-electron chi connectivity index (χ2n) is 7.32. The van der Waals surface area contributed by atoms with Gasteiger partial charge in [0.2, 0.25) is 10.0 Å². The van der Waals surface area contributed by atoms with Crippen LogP contribution in [0, 0.1) is 0 Å². The van der Waals surface area contributed by atoms with E-state index < -0.39 is 10.0 Å². The Labute approximate surface area is 158 Å². The molecule has 1 heterocycles. The first-order chi connectivity index (χ1) is 11.4. The van der Waals surface area contributed by atoms with Crippen molar-refractivity contribution >= 4 is 22.4 Å². The third-order valence-corrected chi connectivity index (χ3v) is 7.33. The molecule has 7 heteroatoms. The fourth-order valence-corrected chi connectivity index (χ4v) is 5.04. The molecule has 142 valence electrons. The van der Waals surface area contributed by atoms with Crippen molar-refractivity contribution in [1.29, 1.82) is 0 Å². The molecule has 1 aliphatic carbocycles. The van der Waals surface area contributed by atoms with Crippen molar-refractivity contribution in [2.24, 2.45) is 0 Å². The Morgan fingerprint density at radius 1 is 1.20 bits per heavy atom. The minimum atomic E-state index is -3.37. The summed E-state index contributed by atoms with van der Waals surface area (Å²) in [7, 11) is -0.214. The van der Waals surface area contributed by atoms with E-state index in [1.54, 1.807) is 20.2 Å². The van der Waals surface area contributed by atoms with Gasteiger partial charge in [0, 0.05) is 45.8 Å². The first kappa shape index (κ1) is 20.6. The first-order valence-electron chi connectivity index (χ1n) is 8.91. The van der Waals surface area contributed by atoms with E-state index in [4.69, 9.17) is 0 Å². The molecular weight excluding hydrogens is 358 g/mol. The highest BCUT2D eigenvalue weighted by atomic mass is 35.5. The van der Waals surface area contributed by atoms with Crippen LogP contribution < -0.4 is 5.32 Å². The van der Waals surface area contributed by atoms with E-state index >= 15 is 0 Å². The molecule has 1 aromatic carbocycles. The topological polar surface area (TPSA) is 52.7 Å². The highest BCUT2D eigenvalue weighted by molar-refractivity contribution is 7.89. The fraction of sp³-hybridized carbons (Fsp3) is 0.667. The molecule has 3 rings (SSSR count). The van der Waals surface area contributed by atoms with Crippen molar-refractivity contribution in [2.45, 2.75) is 49.1 Å². The Hall–Kier alpha value is -0.660. The van der Waals surface area contributed by atoms with E-state index in [9.17, 15) is 8.42 Å². The van der Waals surface area contributed by atoms with Crippen molar-refractivity contribution in [3.8, 4) is 0 Å². The second kappa shape index (κ2) is 8.35. The van der Waals surface area contributed by atoms with Crippen LogP contribution in [0.5, 0.6) is 0 Å². The molecule has 1 N–H and O–H groups in total. The molecule has 0 atom stereocenters. The van der Waals surface area contributed by atoms with E-state index in [1.165, 1.54) is 36.4 Å². The predicted molar refractivity (Wildman–Crippen MR) is 104 cm³/mol. The van der Waals surface area contributed by atoms with Gasteiger partial charge in [-0.05, 0) is 30.5 Å². The highest BCUT2D eigenvalue weighted by Gasteiger charge is 2.39. The summed E-state index contributed by atoms with van der Waals surface area (Å²) in [6.07, 6.45) is 6.43. The monoisotopic (exact) mass is 387 g/mol. The Morgan fingerprint density at radius 2 is 1.92 bits per heavy atom. The number of nitrogens with zero attached hydrogens (tertiary/aromatic N) is 2. The Morgan fingerprint density at radius 3 is 2.60 bits per heavy atom. The maximum atomic E-state index is 12.4. The normalized spacial score (nSPS) is 21.2. The Kier molecular flexibility index (Phi) is 6.90. The van der Waals surface area contributed by atoms with Gasteiger partial charge in [-0.15, -0.1) is 12.4 Å². The molecule has 1 spiro atoms. The predicted octanol–water partition coefficient (Wildman–Crippen LogP) is 2.47. The molecule has 0 aromatic heterocycles. The molecule has 5 nitrogen and oxygen atoms in total. The van der Waals surface area contributed by atoms with Crippen LogP contribution >= 0.6 is 12.4 Å². The number of nitrogens with one attached hydrogen (secondary N) is 1. The van der Waals surface area contributed by atoms with Gasteiger partial charge < -0.3 is 5.32 Å². The first-order valence-corrected chi connectivity index (χ1v) is 10.4. The summed E-state index contributed by atoms with van der Waals surface area (Å²) < 4.78 is 26.0. The maximum Gasteiger partial charge on any atom is 0.242 e. The van der Waals surface area contributed by atoms with Gasteiger partial charge in [-0.25, -0.2) is 12.7 Å². The molecule has 0 radical (unpaired) electrons. The van der Waals surface area contributed by atoms with Crippen molar-refractivity contribution in [3.63, 3.8) is 0 Å². The standard InChI is InChI=1S/C18H29N3O2S.ClH/c1-20(2)24(22,23)17-8-6-7-16(13-17)14-21-12-11-19-15-18(21)9-4-3-5-10-18;/h6-8,13,19H,3-5,9-12,14-15H2,1-2H3;1H. The zero-order valence-corrected chi connectivity index (χ0v) is 16.8. The third kappa shape index (κ3) is 4.37. The van der Waals surface area contributed by atoms with Gasteiger partial charge in [0.05, 0.1) is 4.90 Å². The Bertz CT molecular complexity index is 664. The summed E-state index contributed by atoms with van der Waals surface area (Å²) >= 11 is 0. The van der Waals surface area contributed by atoms with Gasteiger partial charge in [-0.2, -0.15) is 0 Å². The van der Waals surface area contributed by atoms with Crippen LogP contribution in [0.4, 0.5) is 0 Å². The van der Waals surface area contributed by atoms with Crippen molar-refractivity contribution in [1.82, 2.24) is 14.5 Å². The van der Waals surface area contributed by atoms with Crippen LogP contribution in [0.15, 0.2) is 29.2 Å². The minimum Gasteiger partial charge on any atom is -0.314 e. The van der Waals surface area contributed by atoms with Gasteiger partial charge in [0.1, 0.15) is 0 Å². The van der Waals surface area contributed by atoms with E-state index in [2.05, 4.69) is 10.2 Å². The average molecular weight is 388 g/mol. The lowest BCUT2D eigenvalue weighted by Gasteiger charge is -2.50. The van der Waals surface area contributed by atoms with E-state index in [-0.39, 0.29) is 17.9 Å². The number of halogens is 1. The van der Waals surface area contributed by atoms with Gasteiger partial charge in [0.25, 0.3) is 0 Å². The molecule has 2 aliphatic rings. The van der Waals surface area contributed by atoms with Gasteiger partial charge in [0.15, 0.2) is 0 Å². The van der Waals surface area contributed by atoms with Crippen LogP contribution in [-0.4, -0.2) is 56.9 Å². The molecule has 0 unspecified atom stereocenters. The van der Waals surface area contributed by atoms with E-state index in [0.29, 0.717) is 4.90 Å². The second-order valence-corrected chi connectivity index (χ2v) is 9.47. The summed E-state index contributed by atoms with van der Waals surface area (Å²) in [5, 5.41) is 3.57. The maximum absolute atomic E-state index is 12.4. The van der Waals surface area contributed by atoms with Crippen molar-refractivity contribution < 1.29 is 8.42 Å². The highest BCUT2D eigenvalue weighted by Crippen LogP contribution is 2.35.